The molecule has 12 heteroatoms. The average Bonchev–Trinajstić information content (AvgIpc) is 3.21. The highest BCUT2D eigenvalue weighted by atomic mass is 32.2. The molecule has 0 unspecified atom stereocenters. The zero-order chi connectivity index (χ0) is 19.8. The van der Waals surface area contributed by atoms with Crippen molar-refractivity contribution in [3.05, 3.63) is 23.4 Å². The Kier molecular flexibility index (Phi) is 4.81. The van der Waals surface area contributed by atoms with Crippen molar-refractivity contribution in [1.29, 1.82) is 5.26 Å². The standard InChI is InChI=1S/C15H15F3N6O2S/c1-27(25,26)12-7-6-11(21-22-12)24-14(20-9-4-2-3-5-9)10(8-19)13(23-24)15(16,17)18/h6-7,9,20H,2-5H2,1H3. The van der Waals surface area contributed by atoms with Gasteiger partial charge in [-0.3, -0.25) is 0 Å². The molecule has 0 bridgehead atoms. The molecule has 0 radical (unpaired) electrons. The van der Waals surface area contributed by atoms with Gasteiger partial charge in [0, 0.05) is 12.3 Å². The fourth-order valence-electron chi connectivity index (χ4n) is 2.91. The monoisotopic (exact) mass is 400 g/mol. The Morgan fingerprint density at radius 1 is 1.26 bits per heavy atom. The molecule has 27 heavy (non-hydrogen) atoms. The lowest BCUT2D eigenvalue weighted by Gasteiger charge is -2.15. The summed E-state index contributed by atoms with van der Waals surface area (Å²) in [6.07, 6.45) is -0.507. The first-order valence-corrected chi connectivity index (χ1v) is 9.91. The second kappa shape index (κ2) is 6.80. The number of rotatable bonds is 4. The molecule has 2 heterocycles. The molecular formula is C15H15F3N6O2S. The van der Waals surface area contributed by atoms with Crippen LogP contribution < -0.4 is 5.32 Å². The summed E-state index contributed by atoms with van der Waals surface area (Å²) in [7, 11) is -3.61. The lowest BCUT2D eigenvalue weighted by atomic mass is 10.2. The highest BCUT2D eigenvalue weighted by molar-refractivity contribution is 7.90. The summed E-state index contributed by atoms with van der Waals surface area (Å²) in [6.45, 7) is 0. The van der Waals surface area contributed by atoms with Crippen molar-refractivity contribution in [1.82, 2.24) is 20.0 Å². The Hall–Kier alpha value is -2.68. The van der Waals surface area contributed by atoms with Crippen LogP contribution in [0.15, 0.2) is 17.2 Å². The predicted molar refractivity (Wildman–Crippen MR) is 87.9 cm³/mol. The van der Waals surface area contributed by atoms with Gasteiger partial charge in [0.15, 0.2) is 32.2 Å². The van der Waals surface area contributed by atoms with Crippen LogP contribution in [-0.2, 0) is 16.0 Å². The summed E-state index contributed by atoms with van der Waals surface area (Å²) < 4.78 is 63.7. The van der Waals surface area contributed by atoms with Gasteiger partial charge in [-0.2, -0.15) is 28.2 Å². The van der Waals surface area contributed by atoms with Crippen molar-refractivity contribution in [2.24, 2.45) is 0 Å². The molecular weight excluding hydrogens is 385 g/mol. The first-order valence-electron chi connectivity index (χ1n) is 8.02. The van der Waals surface area contributed by atoms with E-state index in [1.54, 1.807) is 6.07 Å². The molecule has 1 aliphatic rings. The first kappa shape index (κ1) is 19.1. The SMILES string of the molecule is CS(=O)(=O)c1ccc(-n2nc(C(F)(F)F)c(C#N)c2NC2CCCC2)nn1. The van der Waals surface area contributed by atoms with Crippen LogP contribution in [0, 0.1) is 11.3 Å². The van der Waals surface area contributed by atoms with Crippen molar-refractivity contribution < 1.29 is 21.6 Å². The number of aromatic nitrogens is 4. The maximum absolute atomic E-state index is 13.3. The first-order chi connectivity index (χ1) is 12.6. The summed E-state index contributed by atoms with van der Waals surface area (Å²) in [5.74, 6) is -0.256. The number of hydrogen-bond donors (Lipinski definition) is 1. The summed E-state index contributed by atoms with van der Waals surface area (Å²) in [5.41, 5.74) is -1.97. The van der Waals surface area contributed by atoms with Crippen LogP contribution in [0.2, 0.25) is 0 Å². The summed E-state index contributed by atoms with van der Waals surface area (Å²) >= 11 is 0. The van der Waals surface area contributed by atoms with Gasteiger partial charge in [-0.1, -0.05) is 12.8 Å². The van der Waals surface area contributed by atoms with Gasteiger partial charge in [-0.15, -0.1) is 10.2 Å². The summed E-state index contributed by atoms with van der Waals surface area (Å²) in [4.78, 5) is 0. The van der Waals surface area contributed by atoms with Gasteiger partial charge in [0.1, 0.15) is 11.6 Å². The number of halogens is 3. The molecule has 0 atom stereocenters. The van der Waals surface area contributed by atoms with E-state index in [0.29, 0.717) is 0 Å². The van der Waals surface area contributed by atoms with Gasteiger partial charge < -0.3 is 5.32 Å². The van der Waals surface area contributed by atoms with Crippen LogP contribution in [0.1, 0.15) is 36.9 Å². The van der Waals surface area contributed by atoms with E-state index in [1.807, 2.05) is 0 Å². The van der Waals surface area contributed by atoms with Gasteiger partial charge in [-0.25, -0.2) is 8.42 Å². The normalized spacial score (nSPS) is 15.7. The molecule has 0 aliphatic heterocycles. The average molecular weight is 400 g/mol. The molecule has 1 N–H and O–H groups in total. The third-order valence-corrected chi connectivity index (χ3v) is 5.16. The van der Waals surface area contributed by atoms with Crippen LogP contribution in [-0.4, -0.2) is 40.7 Å². The van der Waals surface area contributed by atoms with Gasteiger partial charge in [0.25, 0.3) is 0 Å². The minimum Gasteiger partial charge on any atom is -0.366 e. The number of hydrogen-bond acceptors (Lipinski definition) is 7. The molecule has 0 spiro atoms. The number of sulfone groups is 1. The van der Waals surface area contributed by atoms with Crippen molar-refractivity contribution >= 4 is 15.7 Å². The van der Waals surface area contributed by atoms with Gasteiger partial charge in [-0.05, 0) is 25.0 Å². The molecule has 0 amide bonds. The van der Waals surface area contributed by atoms with Crippen LogP contribution in [0.4, 0.5) is 19.0 Å². The van der Waals surface area contributed by atoms with Crippen molar-refractivity contribution in [3.8, 4) is 11.9 Å². The van der Waals surface area contributed by atoms with E-state index < -0.39 is 27.3 Å². The second-order valence-electron chi connectivity index (χ2n) is 6.22. The lowest BCUT2D eigenvalue weighted by Crippen LogP contribution is -2.18. The minimum atomic E-state index is -4.83. The highest BCUT2D eigenvalue weighted by Crippen LogP contribution is 2.36. The third-order valence-electron chi connectivity index (χ3n) is 4.18. The smallest absolute Gasteiger partial charge is 0.366 e. The molecule has 1 aliphatic carbocycles. The van der Waals surface area contributed by atoms with Crippen molar-refractivity contribution in [2.75, 3.05) is 11.6 Å². The highest BCUT2D eigenvalue weighted by Gasteiger charge is 2.40. The fraction of sp³-hybridized carbons (Fsp3) is 0.467. The Morgan fingerprint density at radius 2 is 1.93 bits per heavy atom. The Balaban J connectivity index is 2.12. The van der Waals surface area contributed by atoms with Crippen molar-refractivity contribution in [2.45, 2.75) is 42.9 Å². The van der Waals surface area contributed by atoms with Gasteiger partial charge >= 0.3 is 6.18 Å². The van der Waals surface area contributed by atoms with E-state index >= 15 is 0 Å². The quantitative estimate of drug-likeness (QED) is 0.838. The lowest BCUT2D eigenvalue weighted by molar-refractivity contribution is -0.141. The predicted octanol–water partition coefficient (Wildman–Crippen LogP) is 2.31. The minimum absolute atomic E-state index is 0.0862. The summed E-state index contributed by atoms with van der Waals surface area (Å²) in [6, 6.07) is 3.79. The Labute approximate surface area is 152 Å². The van der Waals surface area contributed by atoms with E-state index in [2.05, 4.69) is 20.6 Å². The zero-order valence-corrected chi connectivity index (χ0v) is 15.0. The number of nitrogens with zero attached hydrogens (tertiary/aromatic N) is 5. The van der Waals surface area contributed by atoms with Crippen LogP contribution in [0.3, 0.4) is 0 Å². The molecule has 3 rings (SSSR count). The number of nitrogens with one attached hydrogen (secondary N) is 1. The van der Waals surface area contributed by atoms with E-state index in [-0.39, 0.29) is 22.7 Å². The molecule has 1 saturated carbocycles. The maximum Gasteiger partial charge on any atom is 0.436 e. The van der Waals surface area contributed by atoms with Crippen LogP contribution in [0.25, 0.3) is 5.82 Å². The molecule has 144 valence electrons. The van der Waals surface area contributed by atoms with Crippen molar-refractivity contribution in [3.63, 3.8) is 0 Å². The third kappa shape index (κ3) is 3.87. The molecule has 2 aromatic rings. The van der Waals surface area contributed by atoms with Crippen LogP contribution in [0.5, 0.6) is 0 Å². The van der Waals surface area contributed by atoms with E-state index in [0.717, 1.165) is 42.7 Å². The Morgan fingerprint density at radius 3 is 2.41 bits per heavy atom. The van der Waals surface area contributed by atoms with Gasteiger partial charge in [0.05, 0.1) is 0 Å². The van der Waals surface area contributed by atoms with E-state index in [9.17, 15) is 26.9 Å². The zero-order valence-electron chi connectivity index (χ0n) is 14.2. The second-order valence-corrected chi connectivity index (χ2v) is 8.18. The van der Waals surface area contributed by atoms with Gasteiger partial charge in [0.2, 0.25) is 0 Å². The molecule has 8 nitrogen and oxygen atoms in total. The Bertz CT molecular complexity index is 986. The molecule has 0 saturated heterocycles. The number of nitriles is 1. The number of alkyl halides is 3. The largest absolute Gasteiger partial charge is 0.436 e. The number of anilines is 1. The molecule has 0 aromatic carbocycles. The van der Waals surface area contributed by atoms with E-state index in [4.69, 9.17) is 0 Å². The summed E-state index contributed by atoms with van der Waals surface area (Å²) in [5, 5.41) is 22.6. The topological polar surface area (TPSA) is 114 Å². The van der Waals surface area contributed by atoms with E-state index in [1.165, 1.54) is 6.07 Å². The maximum atomic E-state index is 13.3. The van der Waals surface area contributed by atoms with Crippen LogP contribution >= 0.6 is 0 Å². The fourth-order valence-corrected chi connectivity index (χ4v) is 3.41. The molecule has 2 aromatic heterocycles. The molecule has 1 fully saturated rings.